The third-order valence-corrected chi connectivity index (χ3v) is 3.93. The van der Waals surface area contributed by atoms with Crippen molar-refractivity contribution >= 4 is 32.8 Å². The van der Waals surface area contributed by atoms with Crippen LogP contribution in [0, 0.1) is 11.3 Å². The highest BCUT2D eigenvalue weighted by Gasteiger charge is 2.19. The van der Waals surface area contributed by atoms with E-state index in [1.807, 2.05) is 0 Å². The van der Waals surface area contributed by atoms with Gasteiger partial charge in [-0.15, -0.1) is 0 Å². The summed E-state index contributed by atoms with van der Waals surface area (Å²) in [6.45, 7) is 0. The highest BCUT2D eigenvalue weighted by molar-refractivity contribution is 7.95. The highest BCUT2D eigenvalue weighted by Crippen LogP contribution is 2.26. The number of aromatic amines is 1. The fraction of sp³-hybridized carbons (Fsp3) is 0.143. The second-order valence-electron chi connectivity index (χ2n) is 4.34. The fourth-order valence-corrected chi connectivity index (χ4v) is 2.43. The van der Waals surface area contributed by atoms with Crippen molar-refractivity contribution in [1.29, 1.82) is 5.26 Å². The molecule has 0 unspecified atom stereocenters. The fourth-order valence-electron chi connectivity index (χ4n) is 1.93. The van der Waals surface area contributed by atoms with Gasteiger partial charge in [-0.3, -0.25) is 0 Å². The summed E-state index contributed by atoms with van der Waals surface area (Å²) in [6.07, 6.45) is 2.12. The Morgan fingerprint density at radius 3 is 2.62 bits per heavy atom. The highest BCUT2D eigenvalue weighted by atomic mass is 32.2. The third-order valence-electron chi connectivity index (χ3n) is 2.92. The van der Waals surface area contributed by atoms with Crippen LogP contribution >= 0.6 is 0 Å². The Morgan fingerprint density at radius 1 is 1.38 bits per heavy atom. The summed E-state index contributed by atoms with van der Waals surface area (Å²) in [4.78, 5) is 14.3. The van der Waals surface area contributed by atoms with Gasteiger partial charge in [0.05, 0.1) is 7.11 Å². The number of nitrogens with one attached hydrogen (secondary N) is 1. The summed E-state index contributed by atoms with van der Waals surface area (Å²) in [5.74, 6) is -0.636. The molecular weight excluding hydrogens is 292 g/mol. The van der Waals surface area contributed by atoms with E-state index in [1.165, 1.54) is 13.2 Å². The van der Waals surface area contributed by atoms with Gasteiger partial charge < -0.3 is 9.72 Å². The van der Waals surface area contributed by atoms with E-state index >= 15 is 0 Å². The molecule has 1 N–H and O–H groups in total. The number of para-hydroxylation sites is 1. The number of hydrogen-bond acceptors (Lipinski definition) is 5. The van der Waals surface area contributed by atoms with Gasteiger partial charge in [-0.05, 0) is 12.1 Å². The maximum atomic E-state index is 11.8. The molecule has 7 heteroatoms. The molecule has 21 heavy (non-hydrogen) atoms. The van der Waals surface area contributed by atoms with Gasteiger partial charge in [0, 0.05) is 22.7 Å². The molecule has 6 nitrogen and oxygen atoms in total. The van der Waals surface area contributed by atoms with Crippen LogP contribution in [0.25, 0.3) is 17.0 Å². The molecule has 0 saturated carbocycles. The van der Waals surface area contributed by atoms with Crippen LogP contribution < -0.4 is 0 Å². The number of sulfone groups is 1. The first-order valence-electron chi connectivity index (χ1n) is 5.89. The second kappa shape index (κ2) is 5.42. The van der Waals surface area contributed by atoms with Crippen LogP contribution in [0.5, 0.6) is 0 Å². The van der Waals surface area contributed by atoms with Crippen LogP contribution in [-0.2, 0) is 14.6 Å². The summed E-state index contributed by atoms with van der Waals surface area (Å²) in [6, 6.07) is 8.63. The number of nitriles is 1. The second-order valence-corrected chi connectivity index (χ2v) is 6.33. The first kappa shape index (κ1) is 14.8. The number of methoxy groups -OCH3 is 1. The summed E-state index contributed by atoms with van der Waals surface area (Å²) < 4.78 is 27.8. The molecule has 1 aromatic carbocycles. The number of H-pyrrole nitrogens is 1. The van der Waals surface area contributed by atoms with Crippen LogP contribution in [0.1, 0.15) is 16.1 Å². The number of carbonyl (C=O) groups is 1. The molecule has 2 aromatic rings. The average molecular weight is 304 g/mol. The Morgan fingerprint density at radius 2 is 2.05 bits per heavy atom. The third kappa shape index (κ3) is 2.80. The predicted molar refractivity (Wildman–Crippen MR) is 78.1 cm³/mol. The topological polar surface area (TPSA) is 100 Å². The number of aromatic nitrogens is 1. The van der Waals surface area contributed by atoms with Crippen molar-refractivity contribution in [3.8, 4) is 6.07 Å². The average Bonchev–Trinajstić information content (AvgIpc) is 2.81. The van der Waals surface area contributed by atoms with Crippen molar-refractivity contribution in [2.24, 2.45) is 0 Å². The molecule has 108 valence electrons. The molecule has 0 bridgehead atoms. The van der Waals surface area contributed by atoms with Crippen LogP contribution in [0.3, 0.4) is 0 Å². The molecule has 0 aliphatic heterocycles. The molecule has 2 rings (SSSR count). The number of benzene rings is 1. The molecule has 0 aliphatic rings. The van der Waals surface area contributed by atoms with Gasteiger partial charge in [0.2, 0.25) is 0 Å². The Hall–Kier alpha value is -2.59. The van der Waals surface area contributed by atoms with Crippen molar-refractivity contribution in [2.45, 2.75) is 0 Å². The Kier molecular flexibility index (Phi) is 3.82. The molecule has 0 aliphatic carbocycles. The number of carbonyl (C=O) groups excluding carboxylic acids is 1. The van der Waals surface area contributed by atoms with Gasteiger partial charge >= 0.3 is 5.97 Å². The number of nitrogens with zero attached hydrogens (tertiary/aromatic N) is 1. The van der Waals surface area contributed by atoms with Crippen molar-refractivity contribution in [3.05, 3.63) is 40.4 Å². The predicted octanol–water partition coefficient (Wildman–Crippen LogP) is 1.86. The van der Waals surface area contributed by atoms with E-state index in [1.54, 1.807) is 30.3 Å². The number of rotatable bonds is 3. The number of ether oxygens (including phenoxy) is 1. The van der Waals surface area contributed by atoms with E-state index in [4.69, 9.17) is 5.26 Å². The quantitative estimate of drug-likeness (QED) is 0.689. The van der Waals surface area contributed by atoms with Crippen LogP contribution in [0.2, 0.25) is 0 Å². The molecule has 0 radical (unpaired) electrons. The van der Waals surface area contributed by atoms with Crippen LogP contribution in [0.4, 0.5) is 0 Å². The molecule has 0 saturated heterocycles. The van der Waals surface area contributed by atoms with E-state index in [0.717, 1.165) is 6.26 Å². The van der Waals surface area contributed by atoms with Crippen molar-refractivity contribution in [3.63, 3.8) is 0 Å². The minimum Gasteiger partial charge on any atom is -0.464 e. The Labute approximate surface area is 121 Å². The van der Waals surface area contributed by atoms with Crippen LogP contribution in [0.15, 0.2) is 29.2 Å². The zero-order valence-electron chi connectivity index (χ0n) is 11.4. The molecular formula is C14H12N2O4S. The standard InChI is InChI=1S/C14H12N2O4S/c1-20-14(17)13-11(7-9(8-15)21(2,18)19)10-5-3-4-6-12(10)16-13/h3-7,16H,1-2H3/b9-7-. The molecule has 1 aromatic heterocycles. The molecule has 0 spiro atoms. The minimum absolute atomic E-state index is 0.107. The molecule has 0 fully saturated rings. The molecule has 1 heterocycles. The van der Waals surface area contributed by atoms with Gasteiger partial charge in [-0.1, -0.05) is 18.2 Å². The summed E-state index contributed by atoms with van der Waals surface area (Å²) in [7, 11) is -2.45. The van der Waals surface area contributed by atoms with Crippen LogP contribution in [-0.4, -0.2) is 32.7 Å². The maximum absolute atomic E-state index is 11.8. The van der Waals surface area contributed by atoms with Crippen molar-refractivity contribution < 1.29 is 17.9 Å². The van der Waals surface area contributed by atoms with Gasteiger partial charge in [-0.2, -0.15) is 5.26 Å². The zero-order valence-corrected chi connectivity index (χ0v) is 12.2. The van der Waals surface area contributed by atoms with E-state index in [9.17, 15) is 13.2 Å². The first-order valence-corrected chi connectivity index (χ1v) is 7.78. The van der Waals surface area contributed by atoms with E-state index in [0.29, 0.717) is 16.5 Å². The lowest BCUT2D eigenvalue weighted by molar-refractivity contribution is 0.0595. The lowest BCUT2D eigenvalue weighted by Gasteiger charge is -2.00. The summed E-state index contributed by atoms with van der Waals surface area (Å²) in [5.41, 5.74) is 1.07. The van der Waals surface area contributed by atoms with Crippen molar-refractivity contribution in [1.82, 2.24) is 4.98 Å². The number of fused-ring (bicyclic) bond motifs is 1. The monoisotopic (exact) mass is 304 g/mol. The van der Waals surface area contributed by atoms with Crippen molar-refractivity contribution in [2.75, 3.05) is 13.4 Å². The number of allylic oxidation sites excluding steroid dienone is 1. The van der Waals surface area contributed by atoms with E-state index in [2.05, 4.69) is 9.72 Å². The minimum atomic E-state index is -3.67. The normalized spacial score (nSPS) is 12.1. The lowest BCUT2D eigenvalue weighted by atomic mass is 10.1. The summed E-state index contributed by atoms with van der Waals surface area (Å²) >= 11 is 0. The SMILES string of the molecule is COC(=O)c1[nH]c2ccccc2c1/C=C(/C#N)S(C)(=O)=O. The van der Waals surface area contributed by atoms with Gasteiger partial charge in [0.25, 0.3) is 0 Å². The Bertz CT molecular complexity index is 885. The molecule has 0 amide bonds. The largest absolute Gasteiger partial charge is 0.464 e. The van der Waals surface area contributed by atoms with Gasteiger partial charge in [0.1, 0.15) is 16.7 Å². The first-order chi connectivity index (χ1) is 9.88. The van der Waals surface area contributed by atoms with Gasteiger partial charge in [0.15, 0.2) is 9.84 Å². The lowest BCUT2D eigenvalue weighted by Crippen LogP contribution is -2.04. The molecule has 0 atom stereocenters. The number of esters is 1. The number of hydrogen-bond donors (Lipinski definition) is 1. The smallest absolute Gasteiger partial charge is 0.355 e. The maximum Gasteiger partial charge on any atom is 0.355 e. The van der Waals surface area contributed by atoms with E-state index in [-0.39, 0.29) is 5.69 Å². The zero-order chi connectivity index (χ0) is 15.6. The Balaban J connectivity index is 2.81. The summed E-state index contributed by atoms with van der Waals surface area (Å²) in [5, 5.41) is 9.63. The van der Waals surface area contributed by atoms with E-state index < -0.39 is 20.7 Å². The van der Waals surface area contributed by atoms with Gasteiger partial charge in [-0.25, -0.2) is 13.2 Å².